The van der Waals surface area contributed by atoms with Crippen molar-refractivity contribution in [1.82, 2.24) is 0 Å². The van der Waals surface area contributed by atoms with E-state index in [4.69, 9.17) is 9.15 Å². The van der Waals surface area contributed by atoms with Crippen LogP contribution in [0.1, 0.15) is 60.0 Å². The zero-order chi connectivity index (χ0) is 24.5. The van der Waals surface area contributed by atoms with E-state index >= 15 is 0 Å². The lowest BCUT2D eigenvalue weighted by atomic mass is 9.98. The predicted molar refractivity (Wildman–Crippen MR) is 142 cm³/mol. The molecule has 0 fully saturated rings. The van der Waals surface area contributed by atoms with Crippen molar-refractivity contribution < 1.29 is 13.9 Å². The molecule has 0 radical (unpaired) electrons. The number of nitrogens with zero attached hydrogens (tertiary/aromatic N) is 1. The molecule has 178 valence electrons. The first-order valence-corrected chi connectivity index (χ1v) is 12.7. The van der Waals surface area contributed by atoms with Gasteiger partial charge in [-0.15, -0.1) is 0 Å². The third-order valence-electron chi connectivity index (χ3n) is 6.40. The number of rotatable bonds is 7. The summed E-state index contributed by atoms with van der Waals surface area (Å²) in [6, 6.07) is 20.1. The zero-order valence-corrected chi connectivity index (χ0v) is 21.3. The van der Waals surface area contributed by atoms with E-state index in [0.29, 0.717) is 34.6 Å². The predicted octanol–water partition coefficient (Wildman–Crippen LogP) is 7.05. The van der Waals surface area contributed by atoms with Gasteiger partial charge in [0.25, 0.3) is 5.91 Å². The molecule has 1 amide bonds. The quantitative estimate of drug-likeness (QED) is 0.240. The van der Waals surface area contributed by atoms with Crippen molar-refractivity contribution in [2.75, 3.05) is 11.5 Å². The molecular formula is C29H26BrNO4. The summed E-state index contributed by atoms with van der Waals surface area (Å²) in [6.07, 6.45) is 2.89. The van der Waals surface area contributed by atoms with Crippen LogP contribution < -0.4 is 15.1 Å². The van der Waals surface area contributed by atoms with Gasteiger partial charge in [-0.05, 0) is 66.4 Å². The lowest BCUT2D eigenvalue weighted by Gasteiger charge is -2.25. The molecule has 5 nitrogen and oxygen atoms in total. The maximum Gasteiger partial charge on any atom is 0.295 e. The summed E-state index contributed by atoms with van der Waals surface area (Å²) in [7, 11) is 0. The number of carbonyl (C=O) groups excluding carboxylic acids is 1. The molecule has 3 aromatic carbocycles. The number of benzene rings is 3. The topological polar surface area (TPSA) is 59.8 Å². The number of fused-ring (bicyclic) bond motifs is 2. The van der Waals surface area contributed by atoms with Crippen molar-refractivity contribution in [1.29, 1.82) is 0 Å². The second kappa shape index (κ2) is 9.70. The number of anilines is 1. The van der Waals surface area contributed by atoms with Gasteiger partial charge in [-0.25, -0.2) is 0 Å². The van der Waals surface area contributed by atoms with Crippen LogP contribution in [-0.2, 0) is 6.42 Å². The van der Waals surface area contributed by atoms with Crippen molar-refractivity contribution in [3.63, 3.8) is 0 Å². The molecule has 2 heterocycles. The Morgan fingerprint density at radius 2 is 1.80 bits per heavy atom. The number of hydrogen-bond acceptors (Lipinski definition) is 4. The van der Waals surface area contributed by atoms with Gasteiger partial charge in [-0.3, -0.25) is 14.5 Å². The number of hydrogen-bond donors (Lipinski definition) is 0. The molecule has 0 bridgehead atoms. The largest absolute Gasteiger partial charge is 0.494 e. The van der Waals surface area contributed by atoms with Crippen LogP contribution in [0, 0.1) is 0 Å². The normalized spacial score (nSPS) is 15.0. The molecule has 0 spiro atoms. The Morgan fingerprint density at radius 3 is 2.54 bits per heavy atom. The molecule has 4 aromatic rings. The number of aryl methyl sites for hydroxylation is 1. The summed E-state index contributed by atoms with van der Waals surface area (Å²) in [5.41, 5.74) is 3.23. The van der Waals surface area contributed by atoms with Gasteiger partial charge in [0.1, 0.15) is 11.3 Å². The van der Waals surface area contributed by atoms with Crippen molar-refractivity contribution in [3.05, 3.63) is 104 Å². The molecular weight excluding hydrogens is 506 g/mol. The summed E-state index contributed by atoms with van der Waals surface area (Å²) in [4.78, 5) is 29.2. The number of amides is 1. The van der Waals surface area contributed by atoms with Gasteiger partial charge in [-0.2, -0.15) is 0 Å². The smallest absolute Gasteiger partial charge is 0.295 e. The van der Waals surface area contributed by atoms with E-state index in [9.17, 15) is 9.59 Å². The van der Waals surface area contributed by atoms with Crippen LogP contribution in [0.15, 0.2) is 80.4 Å². The number of halogens is 1. The molecule has 0 N–H and O–H groups in total. The summed E-state index contributed by atoms with van der Waals surface area (Å²) in [5.74, 6) is 0.478. The van der Waals surface area contributed by atoms with Crippen LogP contribution in [0.3, 0.4) is 0 Å². The molecule has 0 saturated carbocycles. The lowest BCUT2D eigenvalue weighted by molar-refractivity contribution is 0.0971. The van der Waals surface area contributed by atoms with Crippen LogP contribution in [-0.4, -0.2) is 12.5 Å². The molecule has 0 aliphatic carbocycles. The van der Waals surface area contributed by atoms with Crippen LogP contribution in [0.5, 0.6) is 5.75 Å². The number of carbonyl (C=O) groups is 1. The average Bonchev–Trinajstić information content (AvgIpc) is 3.17. The van der Waals surface area contributed by atoms with Gasteiger partial charge < -0.3 is 9.15 Å². The highest BCUT2D eigenvalue weighted by Gasteiger charge is 2.43. The Hall–Kier alpha value is -3.38. The monoisotopic (exact) mass is 531 g/mol. The SMILES string of the molecule is CCCCOc1cccc(C2c3c(oc4ccc(Br)cc4c3=O)C(=O)N2c2ccc(CC)cc2)c1. The summed E-state index contributed by atoms with van der Waals surface area (Å²) >= 11 is 3.45. The van der Waals surface area contributed by atoms with E-state index in [1.54, 1.807) is 23.1 Å². The van der Waals surface area contributed by atoms with Gasteiger partial charge in [0.2, 0.25) is 5.76 Å². The van der Waals surface area contributed by atoms with E-state index in [1.165, 1.54) is 5.56 Å². The van der Waals surface area contributed by atoms with Crippen molar-refractivity contribution in [2.45, 2.75) is 39.2 Å². The fraction of sp³-hybridized carbons (Fsp3) is 0.241. The maximum absolute atomic E-state index is 13.8. The molecule has 1 aliphatic heterocycles. The third kappa shape index (κ3) is 4.27. The first kappa shape index (κ1) is 23.4. The van der Waals surface area contributed by atoms with Gasteiger partial charge in [0, 0.05) is 10.2 Å². The van der Waals surface area contributed by atoms with E-state index in [-0.39, 0.29) is 17.1 Å². The van der Waals surface area contributed by atoms with Crippen LogP contribution in [0.25, 0.3) is 11.0 Å². The van der Waals surface area contributed by atoms with Gasteiger partial charge >= 0.3 is 0 Å². The van der Waals surface area contributed by atoms with Crippen LogP contribution in [0.2, 0.25) is 0 Å². The van der Waals surface area contributed by atoms with E-state index in [1.807, 2.05) is 48.5 Å². The second-order valence-corrected chi connectivity index (χ2v) is 9.60. The zero-order valence-electron chi connectivity index (χ0n) is 19.7. The molecule has 5 rings (SSSR count). The standard InChI is InChI=1S/C29H26BrNO4/c1-3-5-15-34-22-8-6-7-19(16-22)26-25-27(32)23-17-20(30)11-14-24(23)35-28(25)29(33)31(26)21-12-9-18(4-2)10-13-21/h6-14,16-17,26H,3-5,15H2,1-2H3. The maximum atomic E-state index is 13.8. The van der Waals surface area contributed by atoms with Crippen molar-refractivity contribution in [2.24, 2.45) is 0 Å². The van der Waals surface area contributed by atoms with Crippen molar-refractivity contribution in [3.8, 4) is 5.75 Å². The Bertz CT molecular complexity index is 1460. The highest BCUT2D eigenvalue weighted by atomic mass is 79.9. The molecule has 1 atom stereocenters. The second-order valence-electron chi connectivity index (χ2n) is 8.69. The number of unbranched alkanes of at least 4 members (excludes halogenated alkanes) is 1. The Balaban J connectivity index is 1.70. The highest BCUT2D eigenvalue weighted by molar-refractivity contribution is 9.10. The van der Waals surface area contributed by atoms with Crippen molar-refractivity contribution >= 4 is 38.5 Å². The first-order chi connectivity index (χ1) is 17.0. The molecule has 0 saturated heterocycles. The Labute approximate surface area is 212 Å². The highest BCUT2D eigenvalue weighted by Crippen LogP contribution is 2.42. The molecule has 1 aromatic heterocycles. The van der Waals surface area contributed by atoms with E-state index < -0.39 is 6.04 Å². The minimum atomic E-state index is -0.626. The summed E-state index contributed by atoms with van der Waals surface area (Å²) in [6.45, 7) is 4.82. The van der Waals surface area contributed by atoms with E-state index in [0.717, 1.165) is 29.3 Å². The Kier molecular flexibility index (Phi) is 6.48. The van der Waals surface area contributed by atoms with Crippen LogP contribution >= 0.6 is 15.9 Å². The minimum absolute atomic E-state index is 0.0895. The van der Waals surface area contributed by atoms with Gasteiger partial charge in [-0.1, -0.05) is 60.5 Å². The van der Waals surface area contributed by atoms with Gasteiger partial charge in [0.05, 0.1) is 23.6 Å². The first-order valence-electron chi connectivity index (χ1n) is 11.9. The number of ether oxygens (including phenoxy) is 1. The third-order valence-corrected chi connectivity index (χ3v) is 6.89. The molecule has 6 heteroatoms. The summed E-state index contributed by atoms with van der Waals surface area (Å²) < 4.78 is 12.8. The average molecular weight is 532 g/mol. The molecule has 35 heavy (non-hydrogen) atoms. The van der Waals surface area contributed by atoms with Crippen LogP contribution in [0.4, 0.5) is 5.69 Å². The Morgan fingerprint density at radius 1 is 1.00 bits per heavy atom. The molecule has 1 unspecified atom stereocenters. The summed E-state index contributed by atoms with van der Waals surface area (Å²) in [5, 5.41) is 0.439. The van der Waals surface area contributed by atoms with E-state index in [2.05, 4.69) is 29.8 Å². The fourth-order valence-electron chi connectivity index (χ4n) is 4.53. The molecule has 1 aliphatic rings. The minimum Gasteiger partial charge on any atom is -0.494 e. The fourth-order valence-corrected chi connectivity index (χ4v) is 4.89. The lowest BCUT2D eigenvalue weighted by Crippen LogP contribution is -2.29. The van der Waals surface area contributed by atoms with Gasteiger partial charge in [0.15, 0.2) is 5.43 Å².